The maximum Gasteiger partial charge on any atom is 0.0593 e. The monoisotopic (exact) mass is 228 g/mol. The normalized spacial score (nSPS) is 24.4. The van der Waals surface area contributed by atoms with Gasteiger partial charge in [-0.3, -0.25) is 0 Å². The molecule has 0 aromatic rings. The summed E-state index contributed by atoms with van der Waals surface area (Å²) in [7, 11) is 0. The highest BCUT2D eigenvalue weighted by Crippen LogP contribution is 2.02. The molecule has 3 nitrogen and oxygen atoms in total. The second-order valence-corrected chi connectivity index (χ2v) is 5.31. The minimum atomic E-state index is 0.650. The van der Waals surface area contributed by atoms with Crippen molar-refractivity contribution in [2.24, 2.45) is 5.92 Å². The SMILES string of the molecule is CC(C)COCCN1CCCNC(C)CC1. The Balaban J connectivity index is 2.09. The van der Waals surface area contributed by atoms with E-state index in [1.165, 1.54) is 25.9 Å². The zero-order valence-electron chi connectivity index (χ0n) is 11.2. The summed E-state index contributed by atoms with van der Waals surface area (Å²) in [5.41, 5.74) is 0. The topological polar surface area (TPSA) is 24.5 Å². The Morgan fingerprint density at radius 2 is 2.19 bits per heavy atom. The van der Waals surface area contributed by atoms with E-state index in [0.717, 1.165) is 26.3 Å². The molecular weight excluding hydrogens is 200 g/mol. The molecule has 96 valence electrons. The Hall–Kier alpha value is -0.120. The molecule has 3 heteroatoms. The predicted octanol–water partition coefficient (Wildman–Crippen LogP) is 1.73. The van der Waals surface area contributed by atoms with Crippen LogP contribution in [0.3, 0.4) is 0 Å². The lowest BCUT2D eigenvalue weighted by molar-refractivity contribution is 0.0824. The first-order valence-corrected chi connectivity index (χ1v) is 6.72. The van der Waals surface area contributed by atoms with E-state index in [9.17, 15) is 0 Å². The smallest absolute Gasteiger partial charge is 0.0593 e. The van der Waals surface area contributed by atoms with Crippen LogP contribution in [0.1, 0.15) is 33.6 Å². The number of nitrogens with zero attached hydrogens (tertiary/aromatic N) is 1. The van der Waals surface area contributed by atoms with E-state index in [-0.39, 0.29) is 0 Å². The highest BCUT2D eigenvalue weighted by Gasteiger charge is 2.11. The minimum absolute atomic E-state index is 0.650. The van der Waals surface area contributed by atoms with Gasteiger partial charge in [-0.25, -0.2) is 0 Å². The molecule has 16 heavy (non-hydrogen) atoms. The standard InChI is InChI=1S/C13H28N2O/c1-12(2)11-16-10-9-15-7-4-6-14-13(3)5-8-15/h12-14H,4-11H2,1-3H3. The van der Waals surface area contributed by atoms with Crippen molar-refractivity contribution in [3.63, 3.8) is 0 Å². The van der Waals surface area contributed by atoms with E-state index in [4.69, 9.17) is 4.74 Å². The van der Waals surface area contributed by atoms with Crippen molar-refractivity contribution >= 4 is 0 Å². The average molecular weight is 228 g/mol. The molecule has 1 rings (SSSR count). The highest BCUT2D eigenvalue weighted by molar-refractivity contribution is 4.69. The second kappa shape index (κ2) is 8.04. The third-order valence-corrected chi connectivity index (χ3v) is 3.03. The first-order chi connectivity index (χ1) is 7.68. The average Bonchev–Trinajstić information content (AvgIpc) is 2.21. The molecular formula is C13H28N2O. The minimum Gasteiger partial charge on any atom is -0.380 e. The van der Waals surface area contributed by atoms with E-state index < -0.39 is 0 Å². The van der Waals surface area contributed by atoms with Gasteiger partial charge in [0.1, 0.15) is 0 Å². The van der Waals surface area contributed by atoms with E-state index in [1.54, 1.807) is 0 Å². The third-order valence-electron chi connectivity index (χ3n) is 3.03. The van der Waals surface area contributed by atoms with Gasteiger partial charge in [0.05, 0.1) is 6.61 Å². The van der Waals surface area contributed by atoms with Crippen LogP contribution in [0.25, 0.3) is 0 Å². The molecule has 1 unspecified atom stereocenters. The summed E-state index contributed by atoms with van der Waals surface area (Å²) in [6.45, 7) is 13.1. The molecule has 0 bridgehead atoms. The highest BCUT2D eigenvalue weighted by atomic mass is 16.5. The Morgan fingerprint density at radius 3 is 2.94 bits per heavy atom. The van der Waals surface area contributed by atoms with E-state index in [0.29, 0.717) is 12.0 Å². The molecule has 0 aromatic heterocycles. The van der Waals surface area contributed by atoms with Crippen LogP contribution in [0.2, 0.25) is 0 Å². The van der Waals surface area contributed by atoms with Gasteiger partial charge >= 0.3 is 0 Å². The van der Waals surface area contributed by atoms with Crippen molar-refractivity contribution in [2.45, 2.75) is 39.7 Å². The lowest BCUT2D eigenvalue weighted by Gasteiger charge is -2.27. The number of hydrogen-bond donors (Lipinski definition) is 1. The van der Waals surface area contributed by atoms with Gasteiger partial charge < -0.3 is 15.0 Å². The van der Waals surface area contributed by atoms with Crippen molar-refractivity contribution in [1.82, 2.24) is 10.2 Å². The molecule has 1 heterocycles. The van der Waals surface area contributed by atoms with Crippen LogP contribution in [-0.2, 0) is 4.74 Å². The summed E-state index contributed by atoms with van der Waals surface area (Å²) >= 11 is 0. The largest absolute Gasteiger partial charge is 0.380 e. The van der Waals surface area contributed by atoms with Crippen LogP contribution >= 0.6 is 0 Å². The molecule has 0 spiro atoms. The maximum atomic E-state index is 5.64. The molecule has 0 aromatic carbocycles. The second-order valence-electron chi connectivity index (χ2n) is 5.31. The molecule has 0 saturated carbocycles. The molecule has 1 atom stereocenters. The first kappa shape index (κ1) is 13.9. The van der Waals surface area contributed by atoms with Gasteiger partial charge in [0.2, 0.25) is 0 Å². The number of nitrogens with one attached hydrogen (secondary N) is 1. The Labute approximate surface area is 101 Å². The zero-order chi connectivity index (χ0) is 11.8. The fourth-order valence-corrected chi connectivity index (χ4v) is 1.98. The first-order valence-electron chi connectivity index (χ1n) is 6.72. The molecule has 0 radical (unpaired) electrons. The van der Waals surface area contributed by atoms with Gasteiger partial charge in [-0.15, -0.1) is 0 Å². The van der Waals surface area contributed by atoms with Crippen LogP contribution in [0.15, 0.2) is 0 Å². The quantitative estimate of drug-likeness (QED) is 0.725. The summed E-state index contributed by atoms with van der Waals surface area (Å²) in [4.78, 5) is 2.54. The van der Waals surface area contributed by atoms with E-state index in [1.807, 2.05) is 0 Å². The molecule has 1 saturated heterocycles. The Morgan fingerprint density at radius 1 is 1.38 bits per heavy atom. The Bertz CT molecular complexity index is 173. The molecule has 1 N–H and O–H groups in total. The predicted molar refractivity (Wildman–Crippen MR) is 68.8 cm³/mol. The van der Waals surface area contributed by atoms with Crippen LogP contribution in [-0.4, -0.2) is 50.3 Å². The van der Waals surface area contributed by atoms with Crippen molar-refractivity contribution < 1.29 is 4.74 Å². The fraction of sp³-hybridized carbons (Fsp3) is 1.00. The maximum absolute atomic E-state index is 5.64. The zero-order valence-corrected chi connectivity index (χ0v) is 11.2. The van der Waals surface area contributed by atoms with Gasteiger partial charge in [0.15, 0.2) is 0 Å². The summed E-state index contributed by atoms with van der Waals surface area (Å²) < 4.78 is 5.64. The fourth-order valence-electron chi connectivity index (χ4n) is 1.98. The number of ether oxygens (including phenoxy) is 1. The summed E-state index contributed by atoms with van der Waals surface area (Å²) in [6, 6.07) is 0.666. The molecule has 1 fully saturated rings. The summed E-state index contributed by atoms with van der Waals surface area (Å²) in [5.74, 6) is 0.650. The number of rotatable bonds is 5. The van der Waals surface area contributed by atoms with Gasteiger partial charge in [-0.1, -0.05) is 13.8 Å². The van der Waals surface area contributed by atoms with Crippen LogP contribution < -0.4 is 5.32 Å². The molecule has 0 amide bonds. The van der Waals surface area contributed by atoms with Crippen LogP contribution in [0.5, 0.6) is 0 Å². The molecule has 1 aliphatic rings. The molecule has 1 aliphatic heterocycles. The summed E-state index contributed by atoms with van der Waals surface area (Å²) in [5, 5.41) is 3.53. The summed E-state index contributed by atoms with van der Waals surface area (Å²) in [6.07, 6.45) is 2.51. The van der Waals surface area contributed by atoms with Crippen molar-refractivity contribution in [3.8, 4) is 0 Å². The van der Waals surface area contributed by atoms with Gasteiger partial charge in [-0.05, 0) is 45.3 Å². The van der Waals surface area contributed by atoms with Crippen LogP contribution in [0, 0.1) is 5.92 Å². The molecule has 0 aliphatic carbocycles. The van der Waals surface area contributed by atoms with Gasteiger partial charge in [-0.2, -0.15) is 0 Å². The van der Waals surface area contributed by atoms with Crippen molar-refractivity contribution in [1.29, 1.82) is 0 Å². The lowest BCUT2D eigenvalue weighted by atomic mass is 10.2. The number of hydrogen-bond acceptors (Lipinski definition) is 3. The van der Waals surface area contributed by atoms with Crippen molar-refractivity contribution in [3.05, 3.63) is 0 Å². The van der Waals surface area contributed by atoms with Gasteiger partial charge in [0, 0.05) is 19.2 Å². The lowest BCUT2D eigenvalue weighted by Crippen LogP contribution is -2.39. The van der Waals surface area contributed by atoms with Crippen LogP contribution in [0.4, 0.5) is 0 Å². The van der Waals surface area contributed by atoms with Gasteiger partial charge in [0.25, 0.3) is 0 Å². The van der Waals surface area contributed by atoms with Crippen molar-refractivity contribution in [2.75, 3.05) is 39.4 Å². The Kier molecular flexibility index (Phi) is 7.01. The van der Waals surface area contributed by atoms with E-state index >= 15 is 0 Å². The van der Waals surface area contributed by atoms with E-state index in [2.05, 4.69) is 31.0 Å². The third kappa shape index (κ3) is 6.46.